The van der Waals surface area contributed by atoms with Crippen LogP contribution in [0.15, 0.2) is 0 Å². The third-order valence-electron chi connectivity index (χ3n) is 4.06. The molecule has 1 saturated carbocycles. The lowest BCUT2D eigenvalue weighted by Crippen LogP contribution is -2.44. The number of hydrogen-bond acceptors (Lipinski definition) is 2. The average molecular weight is 210 g/mol. The summed E-state index contributed by atoms with van der Waals surface area (Å²) in [5, 5.41) is 3.67. The van der Waals surface area contributed by atoms with Crippen molar-refractivity contribution in [2.24, 2.45) is 5.92 Å². The van der Waals surface area contributed by atoms with Gasteiger partial charge in [-0.3, -0.25) is 4.90 Å². The van der Waals surface area contributed by atoms with Crippen LogP contribution >= 0.6 is 0 Å². The third-order valence-corrected chi connectivity index (χ3v) is 4.06. The molecule has 2 aliphatic rings. The summed E-state index contributed by atoms with van der Waals surface area (Å²) < 4.78 is 0. The van der Waals surface area contributed by atoms with E-state index in [4.69, 9.17) is 0 Å². The van der Waals surface area contributed by atoms with Gasteiger partial charge in [0.25, 0.3) is 0 Å². The molecule has 2 unspecified atom stereocenters. The second-order valence-electron chi connectivity index (χ2n) is 5.20. The maximum atomic E-state index is 3.67. The van der Waals surface area contributed by atoms with Gasteiger partial charge in [-0.15, -0.1) is 0 Å². The molecule has 1 aliphatic carbocycles. The Kier molecular flexibility index (Phi) is 4.04. The summed E-state index contributed by atoms with van der Waals surface area (Å²) in [6, 6.07) is 1.66. The van der Waals surface area contributed by atoms with Crippen molar-refractivity contribution in [1.82, 2.24) is 10.2 Å². The van der Waals surface area contributed by atoms with E-state index < -0.39 is 0 Å². The van der Waals surface area contributed by atoms with E-state index in [1.165, 1.54) is 45.2 Å². The van der Waals surface area contributed by atoms with Gasteiger partial charge < -0.3 is 5.32 Å². The quantitative estimate of drug-likeness (QED) is 0.723. The van der Waals surface area contributed by atoms with Crippen molar-refractivity contribution in [3.63, 3.8) is 0 Å². The second kappa shape index (κ2) is 5.31. The van der Waals surface area contributed by atoms with Gasteiger partial charge in [0.15, 0.2) is 0 Å². The van der Waals surface area contributed by atoms with Gasteiger partial charge in [-0.1, -0.05) is 13.8 Å². The van der Waals surface area contributed by atoms with Crippen molar-refractivity contribution in [3.8, 4) is 0 Å². The Balaban J connectivity index is 1.81. The van der Waals surface area contributed by atoms with Crippen LogP contribution in [0.25, 0.3) is 0 Å². The predicted octanol–water partition coefficient (Wildman–Crippen LogP) is 2.25. The maximum Gasteiger partial charge on any atom is 0.0223 e. The van der Waals surface area contributed by atoms with Gasteiger partial charge in [0, 0.05) is 18.6 Å². The zero-order valence-electron chi connectivity index (χ0n) is 10.3. The SMILES string of the molecule is CCNC(CN1CCCC1CC)C1CC1. The van der Waals surface area contributed by atoms with Gasteiger partial charge in [0.05, 0.1) is 0 Å². The van der Waals surface area contributed by atoms with E-state index in [0.29, 0.717) is 0 Å². The highest BCUT2D eigenvalue weighted by atomic mass is 15.2. The van der Waals surface area contributed by atoms with Crippen molar-refractivity contribution in [2.75, 3.05) is 19.6 Å². The zero-order chi connectivity index (χ0) is 10.7. The van der Waals surface area contributed by atoms with E-state index >= 15 is 0 Å². The fourth-order valence-corrected chi connectivity index (χ4v) is 2.99. The van der Waals surface area contributed by atoms with E-state index in [1.54, 1.807) is 0 Å². The summed E-state index contributed by atoms with van der Waals surface area (Å²) in [6.45, 7) is 8.34. The molecule has 1 saturated heterocycles. The molecular weight excluding hydrogens is 184 g/mol. The number of nitrogens with zero attached hydrogens (tertiary/aromatic N) is 1. The second-order valence-corrected chi connectivity index (χ2v) is 5.20. The minimum atomic E-state index is 0.780. The molecule has 0 aromatic heterocycles. The topological polar surface area (TPSA) is 15.3 Å². The molecule has 2 rings (SSSR count). The molecule has 15 heavy (non-hydrogen) atoms. The molecule has 2 atom stereocenters. The lowest BCUT2D eigenvalue weighted by molar-refractivity contribution is 0.212. The van der Waals surface area contributed by atoms with E-state index in [-0.39, 0.29) is 0 Å². The molecule has 0 aromatic rings. The van der Waals surface area contributed by atoms with Crippen LogP contribution in [-0.4, -0.2) is 36.6 Å². The van der Waals surface area contributed by atoms with Gasteiger partial charge in [-0.25, -0.2) is 0 Å². The van der Waals surface area contributed by atoms with Gasteiger partial charge in [-0.2, -0.15) is 0 Å². The summed E-state index contributed by atoms with van der Waals surface area (Å²) in [4.78, 5) is 2.73. The summed E-state index contributed by atoms with van der Waals surface area (Å²) in [5.74, 6) is 0.989. The van der Waals surface area contributed by atoms with E-state index in [9.17, 15) is 0 Å². The number of likely N-dealkylation sites (tertiary alicyclic amines) is 1. The highest BCUT2D eigenvalue weighted by Gasteiger charge is 2.34. The van der Waals surface area contributed by atoms with Crippen LogP contribution in [0, 0.1) is 5.92 Å². The van der Waals surface area contributed by atoms with Crippen LogP contribution in [0.4, 0.5) is 0 Å². The molecule has 1 heterocycles. The van der Waals surface area contributed by atoms with Crippen molar-refractivity contribution < 1.29 is 0 Å². The Morgan fingerprint density at radius 2 is 2.07 bits per heavy atom. The molecule has 2 heteroatoms. The number of nitrogens with one attached hydrogen (secondary N) is 1. The molecule has 0 aromatic carbocycles. The Bertz CT molecular complexity index is 189. The van der Waals surface area contributed by atoms with Gasteiger partial charge in [-0.05, 0) is 51.1 Å². The lowest BCUT2D eigenvalue weighted by Gasteiger charge is -2.28. The molecule has 0 radical (unpaired) electrons. The normalized spacial score (nSPS) is 29.6. The standard InChI is InChI=1S/C13H26N2/c1-3-12-6-5-9-15(12)10-13(14-4-2)11-7-8-11/h11-14H,3-10H2,1-2H3. The first-order valence-electron chi connectivity index (χ1n) is 6.82. The molecule has 1 aliphatic heterocycles. The summed E-state index contributed by atoms with van der Waals surface area (Å²) in [5.41, 5.74) is 0. The molecular formula is C13H26N2. The fourth-order valence-electron chi connectivity index (χ4n) is 2.99. The number of hydrogen-bond donors (Lipinski definition) is 1. The van der Waals surface area contributed by atoms with Crippen LogP contribution in [0.3, 0.4) is 0 Å². The molecule has 2 fully saturated rings. The molecule has 0 bridgehead atoms. The Labute approximate surface area is 94.4 Å². The first kappa shape index (κ1) is 11.4. The van der Waals surface area contributed by atoms with Crippen LogP contribution in [-0.2, 0) is 0 Å². The smallest absolute Gasteiger partial charge is 0.0223 e. The van der Waals surface area contributed by atoms with Gasteiger partial charge in [0.1, 0.15) is 0 Å². The van der Waals surface area contributed by atoms with Crippen molar-refractivity contribution in [3.05, 3.63) is 0 Å². The van der Waals surface area contributed by atoms with Crippen molar-refractivity contribution in [2.45, 2.75) is 58.0 Å². The minimum Gasteiger partial charge on any atom is -0.313 e. The van der Waals surface area contributed by atoms with Gasteiger partial charge in [0.2, 0.25) is 0 Å². The fraction of sp³-hybridized carbons (Fsp3) is 1.00. The third kappa shape index (κ3) is 2.94. The first-order chi connectivity index (χ1) is 7.35. The Hall–Kier alpha value is -0.0800. The van der Waals surface area contributed by atoms with Gasteiger partial charge >= 0.3 is 0 Å². The van der Waals surface area contributed by atoms with Crippen LogP contribution in [0.5, 0.6) is 0 Å². The number of likely N-dealkylation sites (N-methyl/N-ethyl adjacent to an activating group) is 1. The highest BCUT2D eigenvalue weighted by molar-refractivity contribution is 4.90. The summed E-state index contributed by atoms with van der Waals surface area (Å²) in [7, 11) is 0. The molecule has 2 nitrogen and oxygen atoms in total. The van der Waals surface area contributed by atoms with Crippen molar-refractivity contribution >= 4 is 0 Å². The van der Waals surface area contributed by atoms with E-state index in [1.807, 2.05) is 0 Å². The molecule has 0 spiro atoms. The molecule has 0 amide bonds. The molecule has 1 N–H and O–H groups in total. The van der Waals surface area contributed by atoms with E-state index in [0.717, 1.165) is 24.5 Å². The van der Waals surface area contributed by atoms with Crippen LogP contribution in [0.2, 0.25) is 0 Å². The maximum absolute atomic E-state index is 3.67. The minimum absolute atomic E-state index is 0.780. The Morgan fingerprint density at radius 1 is 1.27 bits per heavy atom. The largest absolute Gasteiger partial charge is 0.313 e. The van der Waals surface area contributed by atoms with Crippen LogP contribution < -0.4 is 5.32 Å². The average Bonchev–Trinajstić information content (AvgIpc) is 2.99. The van der Waals surface area contributed by atoms with Crippen LogP contribution in [0.1, 0.15) is 46.0 Å². The zero-order valence-corrected chi connectivity index (χ0v) is 10.3. The number of rotatable bonds is 6. The Morgan fingerprint density at radius 3 is 2.67 bits per heavy atom. The van der Waals surface area contributed by atoms with E-state index in [2.05, 4.69) is 24.1 Å². The predicted molar refractivity (Wildman–Crippen MR) is 65.1 cm³/mol. The first-order valence-corrected chi connectivity index (χ1v) is 6.82. The highest BCUT2D eigenvalue weighted by Crippen LogP contribution is 2.34. The summed E-state index contributed by atoms with van der Waals surface area (Å²) in [6.07, 6.45) is 7.11. The monoisotopic (exact) mass is 210 g/mol. The lowest BCUT2D eigenvalue weighted by atomic mass is 10.1. The molecule has 88 valence electrons. The van der Waals surface area contributed by atoms with Crippen molar-refractivity contribution in [1.29, 1.82) is 0 Å². The summed E-state index contributed by atoms with van der Waals surface area (Å²) >= 11 is 0.